The van der Waals surface area contributed by atoms with Crippen molar-refractivity contribution in [2.75, 3.05) is 11.5 Å². The number of aromatic nitrogens is 2. The van der Waals surface area contributed by atoms with Gasteiger partial charge in [0.05, 0.1) is 5.56 Å². The Balaban J connectivity index is 2.38. The molecule has 0 bridgehead atoms. The van der Waals surface area contributed by atoms with Crippen molar-refractivity contribution in [3.8, 4) is 6.07 Å². The zero-order chi connectivity index (χ0) is 13.8. The van der Waals surface area contributed by atoms with E-state index in [9.17, 15) is 4.79 Å². The minimum atomic E-state index is 0.262. The number of anilines is 2. The molecular formula is C12H9N5OS. The Morgan fingerprint density at radius 3 is 2.47 bits per heavy atom. The third-order valence-corrected chi connectivity index (χ3v) is 3.15. The molecule has 0 radical (unpaired) electrons. The van der Waals surface area contributed by atoms with Crippen LogP contribution in [0.5, 0.6) is 0 Å². The van der Waals surface area contributed by atoms with Gasteiger partial charge >= 0.3 is 0 Å². The van der Waals surface area contributed by atoms with Gasteiger partial charge in [0.2, 0.25) is 0 Å². The number of hydrogen-bond donors (Lipinski definition) is 2. The van der Waals surface area contributed by atoms with Crippen LogP contribution < -0.4 is 11.5 Å². The summed E-state index contributed by atoms with van der Waals surface area (Å²) in [6.07, 6.45) is 0.685. The first-order chi connectivity index (χ1) is 9.12. The molecule has 4 N–H and O–H groups in total. The molecule has 6 nitrogen and oxygen atoms in total. The maximum Gasteiger partial charge on any atom is 0.196 e. The van der Waals surface area contributed by atoms with Crippen LogP contribution in [0.3, 0.4) is 0 Å². The molecule has 0 spiro atoms. The fourth-order valence-corrected chi connectivity index (χ4v) is 2.25. The van der Waals surface area contributed by atoms with Crippen molar-refractivity contribution < 1.29 is 4.79 Å². The SMILES string of the molecule is N#Cc1cc(C=O)ccc1Sc1nc(N)cc(N)n1. The van der Waals surface area contributed by atoms with E-state index in [1.54, 1.807) is 12.1 Å². The van der Waals surface area contributed by atoms with Gasteiger partial charge in [-0.05, 0) is 23.9 Å². The van der Waals surface area contributed by atoms with E-state index in [-0.39, 0.29) is 11.6 Å². The van der Waals surface area contributed by atoms with E-state index in [0.717, 1.165) is 0 Å². The number of carbonyl (C=O) groups is 1. The average Bonchev–Trinajstić information content (AvgIpc) is 2.38. The van der Waals surface area contributed by atoms with Crippen molar-refractivity contribution in [3.63, 3.8) is 0 Å². The number of nitrogens with zero attached hydrogens (tertiary/aromatic N) is 3. The predicted octanol–water partition coefficient (Wildman–Crippen LogP) is 1.48. The van der Waals surface area contributed by atoms with Gasteiger partial charge in [0.1, 0.15) is 24.0 Å². The largest absolute Gasteiger partial charge is 0.383 e. The second-order valence-corrected chi connectivity index (χ2v) is 4.60. The van der Waals surface area contributed by atoms with E-state index < -0.39 is 0 Å². The number of nitrogen functional groups attached to an aromatic ring is 2. The van der Waals surface area contributed by atoms with Crippen molar-refractivity contribution >= 4 is 29.7 Å². The summed E-state index contributed by atoms with van der Waals surface area (Å²) in [7, 11) is 0. The lowest BCUT2D eigenvalue weighted by Gasteiger charge is -2.04. The highest BCUT2D eigenvalue weighted by Gasteiger charge is 2.08. The molecule has 1 heterocycles. The maximum atomic E-state index is 10.7. The highest BCUT2D eigenvalue weighted by atomic mass is 32.2. The summed E-state index contributed by atoms with van der Waals surface area (Å²) >= 11 is 1.17. The summed E-state index contributed by atoms with van der Waals surface area (Å²) < 4.78 is 0. The van der Waals surface area contributed by atoms with E-state index in [0.29, 0.717) is 27.5 Å². The first-order valence-corrected chi connectivity index (χ1v) is 6.01. The van der Waals surface area contributed by atoms with E-state index in [1.165, 1.54) is 23.9 Å². The molecule has 0 atom stereocenters. The summed E-state index contributed by atoms with van der Waals surface area (Å²) in [6.45, 7) is 0. The van der Waals surface area contributed by atoms with Gasteiger partial charge in [-0.15, -0.1) is 0 Å². The minimum Gasteiger partial charge on any atom is -0.383 e. The van der Waals surface area contributed by atoms with Crippen LogP contribution in [0, 0.1) is 11.3 Å². The van der Waals surface area contributed by atoms with Gasteiger partial charge in [0, 0.05) is 16.5 Å². The van der Waals surface area contributed by atoms with Gasteiger partial charge in [-0.2, -0.15) is 5.26 Å². The molecule has 19 heavy (non-hydrogen) atoms. The molecule has 0 fully saturated rings. The van der Waals surface area contributed by atoms with Crippen LogP contribution in [0.2, 0.25) is 0 Å². The second-order valence-electron chi connectivity index (χ2n) is 3.59. The van der Waals surface area contributed by atoms with Crippen molar-refractivity contribution in [2.45, 2.75) is 10.1 Å². The molecule has 0 saturated carbocycles. The first-order valence-electron chi connectivity index (χ1n) is 5.19. The highest BCUT2D eigenvalue weighted by molar-refractivity contribution is 7.99. The fourth-order valence-electron chi connectivity index (χ4n) is 1.40. The second kappa shape index (κ2) is 5.37. The Labute approximate surface area is 113 Å². The van der Waals surface area contributed by atoms with Crippen LogP contribution in [0.1, 0.15) is 15.9 Å². The number of nitrogens with two attached hydrogens (primary N) is 2. The van der Waals surface area contributed by atoms with Crippen molar-refractivity contribution in [3.05, 3.63) is 35.4 Å². The fraction of sp³-hybridized carbons (Fsp3) is 0. The zero-order valence-electron chi connectivity index (χ0n) is 9.70. The van der Waals surface area contributed by atoms with Gasteiger partial charge in [0.25, 0.3) is 0 Å². The quantitative estimate of drug-likeness (QED) is 0.640. The summed E-state index contributed by atoms with van der Waals surface area (Å²) in [5.41, 5.74) is 12.0. The molecule has 0 aliphatic rings. The molecular weight excluding hydrogens is 262 g/mol. The normalized spacial score (nSPS) is 9.84. The van der Waals surface area contributed by atoms with E-state index in [2.05, 4.69) is 9.97 Å². The molecule has 0 unspecified atom stereocenters. The van der Waals surface area contributed by atoms with Gasteiger partial charge < -0.3 is 11.5 Å². The standard InChI is InChI=1S/C12H9N5OS/c13-5-8-3-7(6-18)1-2-9(8)19-12-16-10(14)4-11(15)17-12/h1-4,6H,(H4,14,15,16,17). The molecule has 7 heteroatoms. The molecule has 2 rings (SSSR count). The Morgan fingerprint density at radius 1 is 1.21 bits per heavy atom. The summed E-state index contributed by atoms with van der Waals surface area (Å²) in [4.78, 5) is 19.3. The number of benzene rings is 1. The molecule has 0 amide bonds. The van der Waals surface area contributed by atoms with Gasteiger partial charge in [-0.3, -0.25) is 4.79 Å². The average molecular weight is 271 g/mol. The molecule has 1 aromatic heterocycles. The van der Waals surface area contributed by atoms with E-state index in [4.69, 9.17) is 16.7 Å². The molecule has 0 aliphatic carbocycles. The molecule has 0 aliphatic heterocycles. The topological polar surface area (TPSA) is 119 Å². The van der Waals surface area contributed by atoms with Crippen LogP contribution in [0.4, 0.5) is 11.6 Å². The molecule has 1 aromatic carbocycles. The maximum absolute atomic E-state index is 10.7. The van der Waals surface area contributed by atoms with Crippen LogP contribution >= 0.6 is 11.8 Å². The lowest BCUT2D eigenvalue weighted by molar-refractivity contribution is 0.112. The molecule has 94 valence electrons. The number of nitriles is 1. The van der Waals surface area contributed by atoms with Gasteiger partial charge in [-0.1, -0.05) is 6.07 Å². The number of carbonyl (C=O) groups excluding carboxylic acids is 1. The lowest BCUT2D eigenvalue weighted by atomic mass is 10.1. The van der Waals surface area contributed by atoms with Gasteiger partial charge in [0.15, 0.2) is 5.16 Å². The Morgan fingerprint density at radius 2 is 1.89 bits per heavy atom. The predicted molar refractivity (Wildman–Crippen MR) is 71.5 cm³/mol. The molecule has 2 aromatic rings. The first kappa shape index (κ1) is 12.9. The zero-order valence-corrected chi connectivity index (χ0v) is 10.5. The van der Waals surface area contributed by atoms with Crippen LogP contribution in [-0.2, 0) is 0 Å². The summed E-state index contributed by atoms with van der Waals surface area (Å²) in [6, 6.07) is 8.26. The van der Waals surface area contributed by atoms with Crippen LogP contribution in [0.25, 0.3) is 0 Å². The highest BCUT2D eigenvalue weighted by Crippen LogP contribution is 2.29. The van der Waals surface area contributed by atoms with E-state index in [1.807, 2.05) is 6.07 Å². The van der Waals surface area contributed by atoms with Crippen molar-refractivity contribution in [1.29, 1.82) is 5.26 Å². The Bertz CT molecular complexity index is 660. The molecule has 0 saturated heterocycles. The van der Waals surface area contributed by atoms with Gasteiger partial charge in [-0.25, -0.2) is 9.97 Å². The monoisotopic (exact) mass is 271 g/mol. The Hall–Kier alpha value is -2.59. The Kier molecular flexibility index (Phi) is 3.63. The van der Waals surface area contributed by atoms with E-state index >= 15 is 0 Å². The number of aldehydes is 1. The van der Waals surface area contributed by atoms with Crippen LogP contribution in [0.15, 0.2) is 34.3 Å². The number of rotatable bonds is 3. The third-order valence-electron chi connectivity index (χ3n) is 2.21. The summed E-state index contributed by atoms with van der Waals surface area (Å²) in [5.74, 6) is 0.524. The minimum absolute atomic E-state index is 0.262. The summed E-state index contributed by atoms with van der Waals surface area (Å²) in [5, 5.41) is 9.41. The third kappa shape index (κ3) is 3.00. The smallest absolute Gasteiger partial charge is 0.196 e. The van der Waals surface area contributed by atoms with Crippen molar-refractivity contribution in [1.82, 2.24) is 9.97 Å². The lowest BCUT2D eigenvalue weighted by Crippen LogP contribution is -1.99. The van der Waals surface area contributed by atoms with Crippen LogP contribution in [-0.4, -0.2) is 16.3 Å². The van der Waals surface area contributed by atoms with Crippen molar-refractivity contribution in [2.24, 2.45) is 0 Å². The number of hydrogen-bond acceptors (Lipinski definition) is 7.